The highest BCUT2D eigenvalue weighted by molar-refractivity contribution is 5.82. The molecular weight excluding hydrogens is 398 g/mol. The van der Waals surface area contributed by atoms with Crippen molar-refractivity contribution in [1.82, 2.24) is 19.8 Å². The number of nitrogens with zero attached hydrogens (tertiary/aromatic N) is 3. The number of hydrogen-bond acceptors (Lipinski definition) is 3. The van der Waals surface area contributed by atoms with Gasteiger partial charge in [0.15, 0.2) is 11.6 Å². The van der Waals surface area contributed by atoms with Crippen LogP contribution < -0.4 is 5.32 Å². The van der Waals surface area contributed by atoms with Crippen molar-refractivity contribution in [2.75, 3.05) is 13.1 Å². The van der Waals surface area contributed by atoms with Crippen LogP contribution in [0, 0.1) is 11.6 Å². The fourth-order valence-electron chi connectivity index (χ4n) is 4.52. The van der Waals surface area contributed by atoms with E-state index in [0.29, 0.717) is 5.56 Å². The molecule has 1 saturated heterocycles. The molecule has 1 aliphatic heterocycles. The van der Waals surface area contributed by atoms with Crippen molar-refractivity contribution in [2.45, 2.75) is 44.7 Å². The maximum Gasteiger partial charge on any atom is 0.224 e. The lowest BCUT2D eigenvalue weighted by Crippen LogP contribution is -2.53. The Morgan fingerprint density at radius 2 is 1.87 bits per heavy atom. The number of imidazole rings is 1. The maximum atomic E-state index is 14.0. The van der Waals surface area contributed by atoms with Crippen molar-refractivity contribution in [1.29, 1.82) is 0 Å². The number of aromatic nitrogens is 2. The molecule has 0 aliphatic carbocycles. The Morgan fingerprint density at radius 3 is 2.58 bits per heavy atom. The third kappa shape index (κ3) is 4.32. The van der Waals surface area contributed by atoms with Crippen molar-refractivity contribution in [2.24, 2.45) is 7.05 Å². The van der Waals surface area contributed by atoms with Gasteiger partial charge in [-0.15, -0.1) is 0 Å². The van der Waals surface area contributed by atoms with E-state index in [9.17, 15) is 13.6 Å². The molecule has 3 aromatic rings. The first kappa shape index (κ1) is 21.4. The number of benzene rings is 2. The van der Waals surface area contributed by atoms with Crippen LogP contribution in [0.25, 0.3) is 11.0 Å². The van der Waals surface area contributed by atoms with Gasteiger partial charge in [-0.3, -0.25) is 9.69 Å². The van der Waals surface area contributed by atoms with Crippen molar-refractivity contribution in [3.63, 3.8) is 0 Å². The van der Waals surface area contributed by atoms with Crippen molar-refractivity contribution >= 4 is 16.9 Å². The number of likely N-dealkylation sites (tertiary alicyclic amines) is 1. The van der Waals surface area contributed by atoms with Crippen LogP contribution in [0.1, 0.15) is 43.9 Å². The molecule has 164 valence electrons. The second kappa shape index (κ2) is 8.38. The second-order valence-electron chi connectivity index (χ2n) is 8.88. The van der Waals surface area contributed by atoms with Gasteiger partial charge in [0.1, 0.15) is 0 Å². The van der Waals surface area contributed by atoms with Crippen LogP contribution in [-0.4, -0.2) is 39.0 Å². The zero-order valence-corrected chi connectivity index (χ0v) is 18.2. The molecule has 0 saturated carbocycles. The smallest absolute Gasteiger partial charge is 0.224 e. The lowest BCUT2D eigenvalue weighted by molar-refractivity contribution is -0.122. The number of carbonyl (C=O) groups excluding carboxylic acids is 1. The predicted octanol–water partition coefficient (Wildman–Crippen LogP) is 4.13. The van der Waals surface area contributed by atoms with Crippen LogP contribution in [0.3, 0.4) is 0 Å². The Balaban J connectivity index is 1.59. The summed E-state index contributed by atoms with van der Waals surface area (Å²) < 4.78 is 29.5. The number of amides is 1. The standard InChI is InChI=1S/C24H28F2N4O/c1-24(2,30-10-4-5-11-30)23(17-7-8-18(25)19(26)14-17)28-22(31)13-16-6-9-21-20(12-16)27-15-29(21)3/h6-9,12,14-15,23H,4-5,10-11,13H2,1-3H3,(H,28,31). The molecule has 1 amide bonds. The van der Waals surface area contributed by atoms with Gasteiger partial charge in [-0.25, -0.2) is 13.8 Å². The summed E-state index contributed by atoms with van der Waals surface area (Å²) in [5.41, 5.74) is 2.79. The minimum Gasteiger partial charge on any atom is -0.347 e. The molecule has 1 atom stereocenters. The first-order valence-electron chi connectivity index (χ1n) is 10.6. The molecule has 1 unspecified atom stereocenters. The normalized spacial score (nSPS) is 16.0. The van der Waals surface area contributed by atoms with E-state index in [2.05, 4.69) is 15.2 Å². The van der Waals surface area contributed by atoms with Gasteiger partial charge in [0.05, 0.1) is 29.8 Å². The van der Waals surface area contributed by atoms with E-state index < -0.39 is 23.2 Å². The third-order valence-corrected chi connectivity index (χ3v) is 6.36. The van der Waals surface area contributed by atoms with Crippen LogP contribution >= 0.6 is 0 Å². The predicted molar refractivity (Wildman–Crippen MR) is 117 cm³/mol. The molecule has 4 rings (SSSR count). The SMILES string of the molecule is Cn1cnc2cc(CC(=O)NC(c3ccc(F)c(F)c3)C(C)(C)N3CCCC3)ccc21. The fourth-order valence-corrected chi connectivity index (χ4v) is 4.52. The van der Waals surface area contributed by atoms with Crippen molar-refractivity contribution in [3.8, 4) is 0 Å². The van der Waals surface area contributed by atoms with Gasteiger partial charge in [0.2, 0.25) is 5.91 Å². The Bertz CT molecular complexity index is 1100. The van der Waals surface area contributed by atoms with Gasteiger partial charge in [-0.2, -0.15) is 0 Å². The summed E-state index contributed by atoms with van der Waals surface area (Å²) in [5.74, 6) is -1.97. The maximum absolute atomic E-state index is 14.0. The summed E-state index contributed by atoms with van der Waals surface area (Å²) >= 11 is 0. The molecule has 31 heavy (non-hydrogen) atoms. The number of carbonyl (C=O) groups is 1. The fraction of sp³-hybridized carbons (Fsp3) is 0.417. The Kier molecular flexibility index (Phi) is 5.79. The van der Waals surface area contributed by atoms with E-state index in [1.54, 1.807) is 12.4 Å². The summed E-state index contributed by atoms with van der Waals surface area (Å²) in [7, 11) is 1.93. The van der Waals surface area contributed by atoms with Gasteiger partial charge in [-0.1, -0.05) is 12.1 Å². The molecule has 0 spiro atoms. The minimum absolute atomic E-state index is 0.169. The molecule has 1 aliphatic rings. The Hall–Kier alpha value is -2.80. The molecule has 1 aromatic heterocycles. The number of aryl methyl sites for hydroxylation is 1. The summed E-state index contributed by atoms with van der Waals surface area (Å²) in [6, 6.07) is 9.17. The van der Waals surface area contributed by atoms with E-state index in [-0.39, 0.29) is 12.3 Å². The summed E-state index contributed by atoms with van der Waals surface area (Å²) in [5, 5.41) is 3.10. The largest absolute Gasteiger partial charge is 0.347 e. The average Bonchev–Trinajstić information content (AvgIpc) is 3.39. The van der Waals surface area contributed by atoms with E-state index in [4.69, 9.17) is 0 Å². The van der Waals surface area contributed by atoms with Crippen LogP contribution in [0.15, 0.2) is 42.7 Å². The first-order valence-corrected chi connectivity index (χ1v) is 10.6. The first-order chi connectivity index (χ1) is 14.8. The van der Waals surface area contributed by atoms with Crippen LogP contribution in [0.5, 0.6) is 0 Å². The Morgan fingerprint density at radius 1 is 1.13 bits per heavy atom. The van der Waals surface area contributed by atoms with Gasteiger partial charge < -0.3 is 9.88 Å². The number of halogens is 2. The zero-order chi connectivity index (χ0) is 22.2. The second-order valence-corrected chi connectivity index (χ2v) is 8.88. The number of rotatable bonds is 6. The highest BCUT2D eigenvalue weighted by Gasteiger charge is 2.38. The lowest BCUT2D eigenvalue weighted by atomic mass is 9.86. The Labute approximate surface area is 181 Å². The molecule has 0 radical (unpaired) electrons. The minimum atomic E-state index is -0.908. The van der Waals surface area contributed by atoms with E-state index in [1.807, 2.05) is 43.7 Å². The van der Waals surface area contributed by atoms with Gasteiger partial charge >= 0.3 is 0 Å². The van der Waals surface area contributed by atoms with Crippen LogP contribution in [0.2, 0.25) is 0 Å². The third-order valence-electron chi connectivity index (χ3n) is 6.36. The lowest BCUT2D eigenvalue weighted by Gasteiger charge is -2.42. The molecule has 1 fully saturated rings. The van der Waals surface area contributed by atoms with E-state index in [1.165, 1.54) is 6.07 Å². The van der Waals surface area contributed by atoms with E-state index >= 15 is 0 Å². The number of hydrogen-bond donors (Lipinski definition) is 1. The molecular formula is C24H28F2N4O. The molecule has 2 heterocycles. The average molecular weight is 427 g/mol. The topological polar surface area (TPSA) is 50.2 Å². The molecule has 0 bridgehead atoms. The zero-order valence-electron chi connectivity index (χ0n) is 18.2. The van der Waals surface area contributed by atoms with Crippen molar-refractivity contribution < 1.29 is 13.6 Å². The highest BCUT2D eigenvalue weighted by Crippen LogP contribution is 2.34. The molecule has 1 N–H and O–H groups in total. The summed E-state index contributed by atoms with van der Waals surface area (Å²) in [6.45, 7) is 5.92. The van der Waals surface area contributed by atoms with Gasteiger partial charge in [0, 0.05) is 12.6 Å². The van der Waals surface area contributed by atoms with Crippen molar-refractivity contribution in [3.05, 3.63) is 65.5 Å². The summed E-state index contributed by atoms with van der Waals surface area (Å²) in [6.07, 6.45) is 4.10. The molecule has 5 nitrogen and oxygen atoms in total. The van der Waals surface area contributed by atoms with Crippen LogP contribution in [0.4, 0.5) is 8.78 Å². The number of nitrogens with one attached hydrogen (secondary N) is 1. The monoisotopic (exact) mass is 426 g/mol. The van der Waals surface area contributed by atoms with Crippen LogP contribution in [-0.2, 0) is 18.3 Å². The highest BCUT2D eigenvalue weighted by atomic mass is 19.2. The summed E-state index contributed by atoms with van der Waals surface area (Å²) in [4.78, 5) is 19.7. The number of fused-ring (bicyclic) bond motifs is 1. The molecule has 2 aromatic carbocycles. The molecule has 7 heteroatoms. The van der Waals surface area contributed by atoms with Gasteiger partial charge in [-0.05, 0) is 75.2 Å². The van der Waals surface area contributed by atoms with Gasteiger partial charge in [0.25, 0.3) is 0 Å². The quantitative estimate of drug-likeness (QED) is 0.645. The van der Waals surface area contributed by atoms with E-state index in [0.717, 1.165) is 48.6 Å².